The first kappa shape index (κ1) is 14.5. The summed E-state index contributed by atoms with van der Waals surface area (Å²) in [5.74, 6) is -2.36. The van der Waals surface area contributed by atoms with Crippen LogP contribution in [0.5, 0.6) is 0 Å². The topological polar surface area (TPSA) is 52.6 Å². The van der Waals surface area contributed by atoms with Crippen molar-refractivity contribution in [2.45, 2.75) is 50.5 Å². The van der Waals surface area contributed by atoms with Crippen LogP contribution in [0.15, 0.2) is 0 Å². The van der Waals surface area contributed by atoms with Gasteiger partial charge in [0, 0.05) is 25.9 Å². The molecule has 0 bridgehead atoms. The fraction of sp³-hybridized carbons (Fsp3) is 0.923. The second kappa shape index (κ2) is 6.03. The lowest BCUT2D eigenvalue weighted by atomic mass is 9.87. The number of halogens is 2. The molecule has 0 aromatic carbocycles. The monoisotopic (exact) mass is 276 g/mol. The number of aliphatic hydroxyl groups is 1. The molecule has 1 atom stereocenters. The van der Waals surface area contributed by atoms with E-state index in [4.69, 9.17) is 5.11 Å². The number of aliphatic hydroxyl groups excluding tert-OH is 1. The van der Waals surface area contributed by atoms with Crippen LogP contribution in [0.3, 0.4) is 0 Å². The van der Waals surface area contributed by atoms with E-state index in [9.17, 15) is 13.6 Å². The standard InChI is InChI=1S/C13H22F2N2O2/c14-13(15)5-3-10(4-6-13)8-16-12(19)17-7-1-2-11(17)9-18/h10-11,18H,1-9H2,(H,16,19)/t11-/m1/s1. The van der Waals surface area contributed by atoms with Gasteiger partial charge in [0.15, 0.2) is 0 Å². The number of carbonyl (C=O) groups is 1. The van der Waals surface area contributed by atoms with E-state index in [2.05, 4.69) is 5.32 Å². The van der Waals surface area contributed by atoms with Gasteiger partial charge in [0.2, 0.25) is 5.92 Å². The molecule has 2 fully saturated rings. The summed E-state index contributed by atoms with van der Waals surface area (Å²) in [6.45, 7) is 1.12. The van der Waals surface area contributed by atoms with Gasteiger partial charge in [0.1, 0.15) is 0 Å². The van der Waals surface area contributed by atoms with Crippen LogP contribution in [0.4, 0.5) is 13.6 Å². The molecule has 4 nitrogen and oxygen atoms in total. The van der Waals surface area contributed by atoms with E-state index in [1.807, 2.05) is 0 Å². The smallest absolute Gasteiger partial charge is 0.317 e. The quantitative estimate of drug-likeness (QED) is 0.828. The zero-order valence-electron chi connectivity index (χ0n) is 11.1. The Labute approximate surface area is 112 Å². The molecule has 1 aliphatic carbocycles. The summed E-state index contributed by atoms with van der Waals surface area (Å²) >= 11 is 0. The number of carbonyl (C=O) groups excluding carboxylic acids is 1. The first-order valence-electron chi connectivity index (χ1n) is 7.05. The van der Waals surface area contributed by atoms with Crippen molar-refractivity contribution in [3.8, 4) is 0 Å². The van der Waals surface area contributed by atoms with Crippen LogP contribution in [0, 0.1) is 5.92 Å². The fourth-order valence-corrected chi connectivity index (χ4v) is 2.93. The minimum Gasteiger partial charge on any atom is -0.394 e. The van der Waals surface area contributed by atoms with E-state index < -0.39 is 5.92 Å². The number of hydrogen-bond acceptors (Lipinski definition) is 2. The van der Waals surface area contributed by atoms with E-state index in [1.54, 1.807) is 4.90 Å². The Kier molecular flexibility index (Phi) is 4.60. The van der Waals surface area contributed by atoms with Crippen LogP contribution in [0.1, 0.15) is 38.5 Å². The Morgan fingerprint density at radius 1 is 1.32 bits per heavy atom. The summed E-state index contributed by atoms with van der Waals surface area (Å²) in [4.78, 5) is 13.6. The molecule has 0 aromatic heterocycles. The number of nitrogens with zero attached hydrogens (tertiary/aromatic N) is 1. The molecule has 0 spiro atoms. The van der Waals surface area contributed by atoms with Crippen molar-refractivity contribution in [2.24, 2.45) is 5.92 Å². The van der Waals surface area contributed by atoms with Crippen molar-refractivity contribution in [3.63, 3.8) is 0 Å². The molecule has 2 rings (SSSR count). The summed E-state index contributed by atoms with van der Waals surface area (Å²) in [5, 5.41) is 12.0. The molecule has 1 aliphatic heterocycles. The number of alkyl halides is 2. The van der Waals surface area contributed by atoms with E-state index in [-0.39, 0.29) is 37.4 Å². The average molecular weight is 276 g/mol. The van der Waals surface area contributed by atoms with Gasteiger partial charge < -0.3 is 15.3 Å². The summed E-state index contributed by atoms with van der Waals surface area (Å²) in [6.07, 6.45) is 2.54. The van der Waals surface area contributed by atoms with Gasteiger partial charge in [-0.3, -0.25) is 0 Å². The molecule has 19 heavy (non-hydrogen) atoms. The Morgan fingerprint density at radius 2 is 2.00 bits per heavy atom. The van der Waals surface area contributed by atoms with Crippen LogP contribution >= 0.6 is 0 Å². The third kappa shape index (κ3) is 3.78. The first-order valence-corrected chi connectivity index (χ1v) is 7.05. The second-order valence-corrected chi connectivity index (χ2v) is 5.66. The first-order chi connectivity index (χ1) is 9.02. The largest absolute Gasteiger partial charge is 0.394 e. The molecule has 110 valence electrons. The highest BCUT2D eigenvalue weighted by Crippen LogP contribution is 2.35. The van der Waals surface area contributed by atoms with Gasteiger partial charge in [0.25, 0.3) is 0 Å². The van der Waals surface area contributed by atoms with Gasteiger partial charge >= 0.3 is 6.03 Å². The minimum atomic E-state index is -2.52. The van der Waals surface area contributed by atoms with Crippen LogP contribution in [-0.2, 0) is 0 Å². The Bertz CT molecular complexity index is 316. The molecule has 1 saturated heterocycles. The zero-order chi connectivity index (χ0) is 13.9. The number of nitrogens with one attached hydrogen (secondary N) is 1. The van der Waals surface area contributed by atoms with Crippen molar-refractivity contribution >= 4 is 6.03 Å². The lowest BCUT2D eigenvalue weighted by Gasteiger charge is -2.29. The molecule has 0 radical (unpaired) electrons. The molecule has 2 amide bonds. The van der Waals surface area contributed by atoms with Crippen LogP contribution in [0.25, 0.3) is 0 Å². The summed E-state index contributed by atoms with van der Waals surface area (Å²) in [7, 11) is 0. The summed E-state index contributed by atoms with van der Waals surface area (Å²) in [6, 6.07) is -0.260. The molecule has 0 aromatic rings. The van der Waals surface area contributed by atoms with Gasteiger partial charge in [-0.1, -0.05) is 0 Å². The molecular formula is C13H22F2N2O2. The Hall–Kier alpha value is -0.910. The molecular weight excluding hydrogens is 254 g/mol. The predicted molar refractivity (Wildman–Crippen MR) is 67.1 cm³/mol. The predicted octanol–water partition coefficient (Wildman–Crippen LogP) is 1.98. The van der Waals surface area contributed by atoms with Crippen molar-refractivity contribution < 1.29 is 18.7 Å². The Morgan fingerprint density at radius 3 is 2.63 bits per heavy atom. The number of amides is 2. The number of urea groups is 1. The van der Waals surface area contributed by atoms with Crippen LogP contribution in [-0.4, -0.2) is 47.7 Å². The number of rotatable bonds is 3. The molecule has 6 heteroatoms. The second-order valence-electron chi connectivity index (χ2n) is 5.66. The zero-order valence-corrected chi connectivity index (χ0v) is 11.1. The summed E-state index contributed by atoms with van der Waals surface area (Å²) in [5.41, 5.74) is 0. The van der Waals surface area contributed by atoms with Gasteiger partial charge in [-0.2, -0.15) is 0 Å². The van der Waals surface area contributed by atoms with E-state index in [0.29, 0.717) is 25.9 Å². The highest BCUT2D eigenvalue weighted by Gasteiger charge is 2.35. The fourth-order valence-electron chi connectivity index (χ4n) is 2.93. The normalized spacial score (nSPS) is 27.5. The van der Waals surface area contributed by atoms with E-state index >= 15 is 0 Å². The third-order valence-corrected chi connectivity index (χ3v) is 4.23. The van der Waals surface area contributed by atoms with Crippen LogP contribution < -0.4 is 5.32 Å². The van der Waals surface area contributed by atoms with Crippen molar-refractivity contribution in [1.82, 2.24) is 10.2 Å². The van der Waals surface area contributed by atoms with Crippen molar-refractivity contribution in [2.75, 3.05) is 19.7 Å². The van der Waals surface area contributed by atoms with Gasteiger partial charge in [-0.15, -0.1) is 0 Å². The molecule has 2 N–H and O–H groups in total. The SMILES string of the molecule is O=C(NCC1CCC(F)(F)CC1)N1CCC[C@@H]1CO. The maximum absolute atomic E-state index is 13.0. The number of hydrogen-bond donors (Lipinski definition) is 2. The highest BCUT2D eigenvalue weighted by atomic mass is 19.3. The van der Waals surface area contributed by atoms with Crippen LogP contribution in [0.2, 0.25) is 0 Å². The highest BCUT2D eigenvalue weighted by molar-refractivity contribution is 5.74. The molecule has 0 unspecified atom stereocenters. The maximum atomic E-state index is 13.0. The third-order valence-electron chi connectivity index (χ3n) is 4.23. The lowest BCUT2D eigenvalue weighted by Crippen LogP contribution is -2.46. The molecule has 1 saturated carbocycles. The van der Waals surface area contributed by atoms with Crippen molar-refractivity contribution in [1.29, 1.82) is 0 Å². The average Bonchev–Trinajstić information content (AvgIpc) is 2.85. The van der Waals surface area contributed by atoms with Crippen molar-refractivity contribution in [3.05, 3.63) is 0 Å². The van der Waals surface area contributed by atoms with Gasteiger partial charge in [-0.05, 0) is 31.6 Å². The van der Waals surface area contributed by atoms with Gasteiger partial charge in [-0.25, -0.2) is 13.6 Å². The van der Waals surface area contributed by atoms with E-state index in [1.165, 1.54) is 0 Å². The Balaban J connectivity index is 1.72. The van der Waals surface area contributed by atoms with E-state index in [0.717, 1.165) is 12.8 Å². The maximum Gasteiger partial charge on any atom is 0.317 e. The molecule has 2 aliphatic rings. The summed E-state index contributed by atoms with van der Waals surface area (Å²) < 4.78 is 26.0. The molecule has 1 heterocycles. The number of likely N-dealkylation sites (tertiary alicyclic amines) is 1. The lowest BCUT2D eigenvalue weighted by molar-refractivity contribution is -0.0452. The van der Waals surface area contributed by atoms with Gasteiger partial charge in [0.05, 0.1) is 12.6 Å². The minimum absolute atomic E-state index is 0.0108.